The molecule has 0 aromatic carbocycles. The smallest absolute Gasteiger partial charge is 0.145 e. The lowest BCUT2D eigenvalue weighted by Crippen LogP contribution is -2.26. The summed E-state index contributed by atoms with van der Waals surface area (Å²) in [6, 6.07) is 1.82. The topological polar surface area (TPSA) is 24.9 Å². The first-order chi connectivity index (χ1) is 5.88. The van der Waals surface area contributed by atoms with Crippen LogP contribution in [0.5, 0.6) is 0 Å². The molecule has 0 spiro atoms. The summed E-state index contributed by atoms with van der Waals surface area (Å²) in [5.41, 5.74) is -0.0233. The largest absolute Gasteiger partial charge is 0.364 e. The SMILES string of the molecule is CC(C)(C)Nc1ncc(Br)cc1Cl. The fraction of sp³-hybridized carbons (Fsp3) is 0.444. The average Bonchev–Trinajstić information content (AvgIpc) is 1.93. The summed E-state index contributed by atoms with van der Waals surface area (Å²) in [6.07, 6.45) is 1.72. The Kier molecular flexibility index (Phi) is 3.19. The molecule has 1 aromatic heterocycles. The van der Waals surface area contributed by atoms with E-state index in [2.05, 4.69) is 47.0 Å². The molecule has 0 saturated heterocycles. The Morgan fingerprint density at radius 1 is 1.46 bits per heavy atom. The number of halogens is 2. The number of hydrogen-bond donors (Lipinski definition) is 1. The van der Waals surface area contributed by atoms with Crippen LogP contribution in [0.25, 0.3) is 0 Å². The number of anilines is 1. The summed E-state index contributed by atoms with van der Waals surface area (Å²) in [5.74, 6) is 0.720. The van der Waals surface area contributed by atoms with Crippen LogP contribution >= 0.6 is 27.5 Å². The summed E-state index contributed by atoms with van der Waals surface area (Å²) < 4.78 is 0.886. The van der Waals surface area contributed by atoms with Crippen LogP contribution in [-0.4, -0.2) is 10.5 Å². The zero-order valence-electron chi connectivity index (χ0n) is 7.86. The molecule has 72 valence electrons. The van der Waals surface area contributed by atoms with Crippen molar-refractivity contribution in [2.45, 2.75) is 26.3 Å². The minimum Gasteiger partial charge on any atom is -0.364 e. The summed E-state index contributed by atoms with van der Waals surface area (Å²) in [6.45, 7) is 6.19. The summed E-state index contributed by atoms with van der Waals surface area (Å²) in [4.78, 5) is 4.17. The number of nitrogens with zero attached hydrogens (tertiary/aromatic N) is 1. The molecule has 0 unspecified atom stereocenters. The maximum Gasteiger partial charge on any atom is 0.145 e. The van der Waals surface area contributed by atoms with Gasteiger partial charge in [0, 0.05) is 16.2 Å². The average molecular weight is 264 g/mol. The van der Waals surface area contributed by atoms with E-state index in [1.54, 1.807) is 6.20 Å². The highest BCUT2D eigenvalue weighted by molar-refractivity contribution is 9.10. The molecule has 0 radical (unpaired) electrons. The van der Waals surface area contributed by atoms with Gasteiger partial charge in [-0.05, 0) is 42.8 Å². The van der Waals surface area contributed by atoms with E-state index in [0.29, 0.717) is 5.02 Å². The van der Waals surface area contributed by atoms with Gasteiger partial charge in [-0.2, -0.15) is 0 Å². The van der Waals surface area contributed by atoms with E-state index in [0.717, 1.165) is 10.3 Å². The van der Waals surface area contributed by atoms with Crippen molar-refractivity contribution in [2.75, 3.05) is 5.32 Å². The lowest BCUT2D eigenvalue weighted by molar-refractivity contribution is 0.630. The fourth-order valence-electron chi connectivity index (χ4n) is 0.862. The van der Waals surface area contributed by atoms with Gasteiger partial charge in [0.1, 0.15) is 5.82 Å². The van der Waals surface area contributed by atoms with Crippen LogP contribution in [0.4, 0.5) is 5.82 Å². The lowest BCUT2D eigenvalue weighted by Gasteiger charge is -2.21. The zero-order valence-corrected chi connectivity index (χ0v) is 10.2. The first-order valence-electron chi connectivity index (χ1n) is 3.98. The van der Waals surface area contributed by atoms with Gasteiger partial charge in [-0.25, -0.2) is 4.98 Å². The third-order valence-corrected chi connectivity index (χ3v) is 2.02. The van der Waals surface area contributed by atoms with Crippen LogP contribution in [0.2, 0.25) is 5.02 Å². The standard InChI is InChI=1S/C9H12BrClN2/c1-9(2,3)13-8-7(11)4-6(10)5-12-8/h4-5H,1-3H3,(H,12,13). The minimum absolute atomic E-state index is 0.0233. The molecule has 0 atom stereocenters. The van der Waals surface area contributed by atoms with Crippen molar-refractivity contribution in [1.82, 2.24) is 4.98 Å². The van der Waals surface area contributed by atoms with Gasteiger partial charge >= 0.3 is 0 Å². The summed E-state index contributed by atoms with van der Waals surface area (Å²) >= 11 is 9.28. The molecule has 1 aromatic rings. The van der Waals surface area contributed by atoms with Crippen molar-refractivity contribution >= 4 is 33.3 Å². The molecule has 2 nitrogen and oxygen atoms in total. The van der Waals surface area contributed by atoms with Gasteiger partial charge in [-0.1, -0.05) is 11.6 Å². The molecule has 0 saturated carbocycles. The number of rotatable bonds is 1. The van der Waals surface area contributed by atoms with Crippen LogP contribution in [0, 0.1) is 0 Å². The second-order valence-corrected chi connectivity index (χ2v) is 5.18. The van der Waals surface area contributed by atoms with Gasteiger partial charge in [0.25, 0.3) is 0 Å². The Balaban J connectivity index is 2.90. The molecular formula is C9H12BrClN2. The number of aromatic nitrogens is 1. The van der Waals surface area contributed by atoms with Gasteiger partial charge in [0.15, 0.2) is 0 Å². The predicted molar refractivity (Wildman–Crippen MR) is 60.3 cm³/mol. The van der Waals surface area contributed by atoms with Crippen LogP contribution < -0.4 is 5.32 Å². The molecule has 1 heterocycles. The lowest BCUT2D eigenvalue weighted by atomic mass is 10.1. The number of pyridine rings is 1. The molecule has 4 heteroatoms. The van der Waals surface area contributed by atoms with Crippen molar-refractivity contribution in [3.63, 3.8) is 0 Å². The van der Waals surface area contributed by atoms with Crippen molar-refractivity contribution in [2.24, 2.45) is 0 Å². The molecule has 0 aliphatic heterocycles. The molecule has 0 amide bonds. The monoisotopic (exact) mass is 262 g/mol. The van der Waals surface area contributed by atoms with Gasteiger partial charge < -0.3 is 5.32 Å². The minimum atomic E-state index is -0.0233. The third kappa shape index (κ3) is 3.53. The van der Waals surface area contributed by atoms with E-state index in [-0.39, 0.29) is 5.54 Å². The van der Waals surface area contributed by atoms with E-state index in [1.807, 2.05) is 6.07 Å². The van der Waals surface area contributed by atoms with Crippen molar-refractivity contribution in [1.29, 1.82) is 0 Å². The highest BCUT2D eigenvalue weighted by Gasteiger charge is 2.12. The fourth-order valence-corrected chi connectivity index (χ4v) is 1.54. The number of nitrogens with one attached hydrogen (secondary N) is 1. The summed E-state index contributed by atoms with van der Waals surface area (Å²) in [5, 5.41) is 3.84. The Bertz CT molecular complexity index is 307. The maximum absolute atomic E-state index is 5.98. The van der Waals surface area contributed by atoms with Crippen LogP contribution in [0.1, 0.15) is 20.8 Å². The molecule has 0 aliphatic rings. The van der Waals surface area contributed by atoms with Gasteiger partial charge in [-0.3, -0.25) is 0 Å². The second kappa shape index (κ2) is 3.84. The van der Waals surface area contributed by atoms with E-state index in [4.69, 9.17) is 11.6 Å². The maximum atomic E-state index is 5.98. The Morgan fingerprint density at radius 2 is 2.08 bits per heavy atom. The van der Waals surface area contributed by atoms with Crippen molar-refractivity contribution < 1.29 is 0 Å². The van der Waals surface area contributed by atoms with Crippen molar-refractivity contribution in [3.05, 3.63) is 21.8 Å². The van der Waals surface area contributed by atoms with E-state index in [1.165, 1.54) is 0 Å². The van der Waals surface area contributed by atoms with Crippen molar-refractivity contribution in [3.8, 4) is 0 Å². The normalized spacial score (nSPS) is 11.5. The van der Waals surface area contributed by atoms with Crippen LogP contribution in [0.3, 0.4) is 0 Å². The first-order valence-corrected chi connectivity index (χ1v) is 5.15. The number of hydrogen-bond acceptors (Lipinski definition) is 2. The van der Waals surface area contributed by atoms with E-state index in [9.17, 15) is 0 Å². The van der Waals surface area contributed by atoms with Crippen LogP contribution in [0.15, 0.2) is 16.7 Å². The van der Waals surface area contributed by atoms with E-state index < -0.39 is 0 Å². The van der Waals surface area contributed by atoms with Gasteiger partial charge in [-0.15, -0.1) is 0 Å². The highest BCUT2D eigenvalue weighted by atomic mass is 79.9. The molecule has 0 bridgehead atoms. The molecule has 1 rings (SSSR count). The molecular weight excluding hydrogens is 251 g/mol. The van der Waals surface area contributed by atoms with Crippen LogP contribution in [-0.2, 0) is 0 Å². The summed E-state index contributed by atoms with van der Waals surface area (Å²) in [7, 11) is 0. The zero-order chi connectivity index (χ0) is 10.1. The molecule has 13 heavy (non-hydrogen) atoms. The second-order valence-electron chi connectivity index (χ2n) is 3.86. The van der Waals surface area contributed by atoms with E-state index >= 15 is 0 Å². The third-order valence-electron chi connectivity index (χ3n) is 1.30. The molecule has 1 N–H and O–H groups in total. The first kappa shape index (κ1) is 10.8. The highest BCUT2D eigenvalue weighted by Crippen LogP contribution is 2.24. The predicted octanol–water partition coefficient (Wildman–Crippen LogP) is 3.71. The quantitative estimate of drug-likeness (QED) is 0.835. The molecule has 0 fully saturated rings. The van der Waals surface area contributed by atoms with Gasteiger partial charge in [0.05, 0.1) is 5.02 Å². The molecule has 0 aliphatic carbocycles. The Labute approximate surface area is 91.8 Å². The Morgan fingerprint density at radius 3 is 2.54 bits per heavy atom. The van der Waals surface area contributed by atoms with Gasteiger partial charge in [0.2, 0.25) is 0 Å². The Hall–Kier alpha value is -0.280.